The van der Waals surface area contributed by atoms with Gasteiger partial charge in [0, 0.05) is 31.4 Å². The molecule has 128 valence electrons. The van der Waals surface area contributed by atoms with Gasteiger partial charge in [-0.05, 0) is 24.6 Å². The van der Waals surface area contributed by atoms with E-state index < -0.39 is 17.9 Å². The van der Waals surface area contributed by atoms with Gasteiger partial charge in [-0.3, -0.25) is 0 Å². The number of hydrogen-bond acceptors (Lipinski definition) is 4. The normalized spacial score (nSPS) is 18.0. The Bertz CT molecular complexity index is 736. The number of nitrogens with two attached hydrogens (primary N) is 1. The van der Waals surface area contributed by atoms with Gasteiger partial charge in [0.1, 0.15) is 23.1 Å². The number of pyridine rings is 1. The second-order valence-electron chi connectivity index (χ2n) is 5.61. The first kappa shape index (κ1) is 16.4. The molecule has 0 saturated carbocycles. The van der Waals surface area contributed by atoms with Gasteiger partial charge in [-0.2, -0.15) is 13.2 Å². The van der Waals surface area contributed by atoms with E-state index in [-0.39, 0.29) is 30.9 Å². The van der Waals surface area contributed by atoms with Crippen molar-refractivity contribution in [2.24, 2.45) is 5.92 Å². The van der Waals surface area contributed by atoms with E-state index in [2.05, 4.69) is 4.98 Å². The van der Waals surface area contributed by atoms with Gasteiger partial charge in [0.25, 0.3) is 0 Å². The lowest BCUT2D eigenvalue weighted by atomic mass is 10.1. The van der Waals surface area contributed by atoms with Gasteiger partial charge in [-0.1, -0.05) is 0 Å². The number of ether oxygens (including phenoxy) is 1. The molecule has 1 fully saturated rings. The van der Waals surface area contributed by atoms with Crippen molar-refractivity contribution >= 4 is 11.5 Å². The Morgan fingerprint density at radius 1 is 1.17 bits per heavy atom. The summed E-state index contributed by atoms with van der Waals surface area (Å²) in [6.45, 7) is 0.146. The van der Waals surface area contributed by atoms with Crippen molar-refractivity contribution in [1.29, 1.82) is 0 Å². The monoisotopic (exact) mass is 341 g/mol. The number of aromatic nitrogens is 1. The Kier molecular flexibility index (Phi) is 4.21. The Morgan fingerprint density at radius 3 is 2.58 bits per heavy atom. The number of anilines is 2. The summed E-state index contributed by atoms with van der Waals surface area (Å²) < 4.78 is 57.3. The molecule has 1 aliphatic heterocycles. The minimum Gasteiger partial charge on any atom is -0.457 e. The molecule has 0 spiro atoms. The van der Waals surface area contributed by atoms with Crippen LogP contribution >= 0.6 is 0 Å². The van der Waals surface area contributed by atoms with Crippen LogP contribution in [0.2, 0.25) is 0 Å². The van der Waals surface area contributed by atoms with Gasteiger partial charge in [-0.25, -0.2) is 9.37 Å². The number of benzene rings is 1. The largest absolute Gasteiger partial charge is 0.457 e. The third kappa shape index (κ3) is 3.52. The summed E-state index contributed by atoms with van der Waals surface area (Å²) in [7, 11) is 0. The molecule has 8 heteroatoms. The maximum atomic E-state index is 13.4. The van der Waals surface area contributed by atoms with Crippen LogP contribution < -0.4 is 15.4 Å². The summed E-state index contributed by atoms with van der Waals surface area (Å²) in [6, 6.07) is 7.11. The van der Waals surface area contributed by atoms with Crippen molar-refractivity contribution in [3.05, 3.63) is 42.3 Å². The quantitative estimate of drug-likeness (QED) is 0.678. The van der Waals surface area contributed by atoms with Crippen molar-refractivity contribution in [2.45, 2.75) is 12.6 Å². The van der Waals surface area contributed by atoms with Gasteiger partial charge in [0.05, 0.1) is 11.6 Å². The third-order valence-corrected chi connectivity index (χ3v) is 3.90. The fourth-order valence-electron chi connectivity index (χ4n) is 2.58. The van der Waals surface area contributed by atoms with E-state index in [9.17, 15) is 17.6 Å². The minimum absolute atomic E-state index is 0.00743. The molecule has 0 amide bonds. The summed E-state index contributed by atoms with van der Waals surface area (Å²) in [6.07, 6.45) is -2.72. The van der Waals surface area contributed by atoms with Crippen LogP contribution in [0.4, 0.5) is 29.1 Å². The Labute approximate surface area is 135 Å². The molecule has 0 aliphatic carbocycles. The van der Waals surface area contributed by atoms with Gasteiger partial charge in [0.15, 0.2) is 0 Å². The number of alkyl halides is 3. The fraction of sp³-hybridized carbons (Fsp3) is 0.312. The van der Waals surface area contributed by atoms with Crippen LogP contribution in [0.15, 0.2) is 36.5 Å². The summed E-state index contributed by atoms with van der Waals surface area (Å²) in [5, 5.41) is 0. The zero-order valence-corrected chi connectivity index (χ0v) is 12.6. The van der Waals surface area contributed by atoms with E-state index in [0.717, 1.165) is 6.07 Å². The molecule has 1 unspecified atom stereocenters. The molecule has 2 heterocycles. The maximum absolute atomic E-state index is 13.4. The predicted octanol–water partition coefficient (Wildman–Crippen LogP) is 3.98. The van der Waals surface area contributed by atoms with Crippen LogP contribution in [-0.2, 0) is 0 Å². The molecule has 2 N–H and O–H groups in total. The molecule has 4 nitrogen and oxygen atoms in total. The molecule has 24 heavy (non-hydrogen) atoms. The fourth-order valence-corrected chi connectivity index (χ4v) is 2.58. The van der Waals surface area contributed by atoms with Crippen molar-refractivity contribution in [3.63, 3.8) is 0 Å². The van der Waals surface area contributed by atoms with Crippen LogP contribution in [0.3, 0.4) is 0 Å². The number of nitrogens with zero attached hydrogens (tertiary/aromatic N) is 2. The first-order valence-electron chi connectivity index (χ1n) is 7.33. The molecular formula is C16H15F4N3O. The smallest absolute Gasteiger partial charge is 0.393 e. The van der Waals surface area contributed by atoms with Crippen LogP contribution in [0.25, 0.3) is 0 Å². The summed E-state index contributed by atoms with van der Waals surface area (Å²) >= 11 is 0. The number of halogens is 4. The zero-order valence-electron chi connectivity index (χ0n) is 12.6. The molecule has 2 aromatic rings. The van der Waals surface area contributed by atoms with Gasteiger partial charge < -0.3 is 15.4 Å². The molecular weight excluding hydrogens is 326 g/mol. The van der Waals surface area contributed by atoms with E-state index in [1.165, 1.54) is 24.4 Å². The van der Waals surface area contributed by atoms with E-state index in [0.29, 0.717) is 11.6 Å². The van der Waals surface area contributed by atoms with Crippen molar-refractivity contribution < 1.29 is 22.3 Å². The van der Waals surface area contributed by atoms with Gasteiger partial charge in [0.2, 0.25) is 0 Å². The molecule has 1 aromatic heterocycles. The minimum atomic E-state index is -4.20. The number of hydrogen-bond donors (Lipinski definition) is 1. The van der Waals surface area contributed by atoms with E-state index in [1.54, 1.807) is 11.0 Å². The first-order chi connectivity index (χ1) is 11.3. The standard InChI is InChI=1S/C16H15F4N3O/c17-13-7-11(1-2-14(13)21)24-12-3-5-22-15(8-12)23-6-4-10(9-23)16(18,19)20/h1-3,5,7-8,10H,4,6,9,21H2. The zero-order chi connectivity index (χ0) is 17.3. The van der Waals surface area contributed by atoms with Gasteiger partial charge >= 0.3 is 6.18 Å². The summed E-state index contributed by atoms with van der Waals surface area (Å²) in [4.78, 5) is 5.66. The second kappa shape index (κ2) is 6.18. The van der Waals surface area contributed by atoms with E-state index in [1.807, 2.05) is 0 Å². The Morgan fingerprint density at radius 2 is 1.92 bits per heavy atom. The molecule has 1 aliphatic rings. The van der Waals surface area contributed by atoms with Crippen LogP contribution in [0.1, 0.15) is 6.42 Å². The highest BCUT2D eigenvalue weighted by molar-refractivity contribution is 5.48. The van der Waals surface area contributed by atoms with Crippen molar-refractivity contribution in [3.8, 4) is 11.5 Å². The van der Waals surface area contributed by atoms with Crippen LogP contribution in [0.5, 0.6) is 11.5 Å². The molecule has 3 rings (SSSR count). The maximum Gasteiger partial charge on any atom is 0.393 e. The average Bonchev–Trinajstić information content (AvgIpc) is 3.01. The van der Waals surface area contributed by atoms with Crippen LogP contribution in [0, 0.1) is 11.7 Å². The van der Waals surface area contributed by atoms with Crippen molar-refractivity contribution in [1.82, 2.24) is 4.98 Å². The predicted molar refractivity (Wildman–Crippen MR) is 81.5 cm³/mol. The second-order valence-corrected chi connectivity index (χ2v) is 5.61. The molecule has 0 bridgehead atoms. The topological polar surface area (TPSA) is 51.4 Å². The molecule has 1 aromatic carbocycles. The van der Waals surface area contributed by atoms with Crippen LogP contribution in [-0.4, -0.2) is 24.2 Å². The van der Waals surface area contributed by atoms with E-state index in [4.69, 9.17) is 10.5 Å². The lowest BCUT2D eigenvalue weighted by Crippen LogP contribution is -2.27. The number of nitrogen functional groups attached to an aromatic ring is 1. The lowest BCUT2D eigenvalue weighted by molar-refractivity contribution is -0.168. The Balaban J connectivity index is 1.74. The van der Waals surface area contributed by atoms with Crippen molar-refractivity contribution in [2.75, 3.05) is 23.7 Å². The highest BCUT2D eigenvalue weighted by Gasteiger charge is 2.43. The van der Waals surface area contributed by atoms with E-state index >= 15 is 0 Å². The highest BCUT2D eigenvalue weighted by Crippen LogP contribution is 2.35. The molecule has 1 saturated heterocycles. The molecule has 1 atom stereocenters. The highest BCUT2D eigenvalue weighted by atomic mass is 19.4. The Hall–Kier alpha value is -2.51. The summed E-state index contributed by atoms with van der Waals surface area (Å²) in [5.74, 6) is -0.951. The first-order valence-corrected chi connectivity index (χ1v) is 7.33. The average molecular weight is 341 g/mol. The third-order valence-electron chi connectivity index (χ3n) is 3.90. The summed E-state index contributed by atoms with van der Waals surface area (Å²) in [5.41, 5.74) is 5.41. The molecule has 0 radical (unpaired) electrons. The lowest BCUT2D eigenvalue weighted by Gasteiger charge is -2.19. The SMILES string of the molecule is Nc1ccc(Oc2ccnc(N3CCC(C(F)(F)F)C3)c2)cc1F. The van der Waals surface area contributed by atoms with Gasteiger partial charge in [-0.15, -0.1) is 0 Å². The number of rotatable bonds is 3.